The second-order valence-electron chi connectivity index (χ2n) is 5.43. The maximum atomic E-state index is 5.97. The number of aliphatic imine (C=N–C) groups is 1. The van der Waals surface area contributed by atoms with E-state index in [2.05, 4.69) is 41.5 Å². The lowest BCUT2D eigenvalue weighted by atomic mass is 9.93. The Morgan fingerprint density at radius 2 is 1.90 bits per heavy atom. The molecule has 0 amide bonds. The third kappa shape index (κ3) is 3.19. The van der Waals surface area contributed by atoms with Gasteiger partial charge in [0.1, 0.15) is 0 Å². The summed E-state index contributed by atoms with van der Waals surface area (Å²) in [7, 11) is 0. The van der Waals surface area contributed by atoms with Crippen molar-refractivity contribution in [3.63, 3.8) is 0 Å². The van der Waals surface area contributed by atoms with Gasteiger partial charge in [-0.1, -0.05) is 53.6 Å². The van der Waals surface area contributed by atoms with Crippen molar-refractivity contribution in [3.05, 3.63) is 70.2 Å². The van der Waals surface area contributed by atoms with Gasteiger partial charge in [0.2, 0.25) is 0 Å². The van der Waals surface area contributed by atoms with Crippen LogP contribution in [0.25, 0.3) is 0 Å². The second kappa shape index (κ2) is 5.78. The molecule has 0 aliphatic carbocycles. The Kier molecular flexibility index (Phi) is 3.84. The Morgan fingerprint density at radius 3 is 2.62 bits per heavy atom. The molecule has 0 spiro atoms. The van der Waals surface area contributed by atoms with Crippen molar-refractivity contribution < 1.29 is 0 Å². The zero-order chi connectivity index (χ0) is 14.8. The fraction of sp³-hybridized carbons (Fsp3) is 0.235. The zero-order valence-electron chi connectivity index (χ0n) is 11.9. The molecule has 4 heteroatoms. The van der Waals surface area contributed by atoms with Crippen molar-refractivity contribution in [2.45, 2.75) is 25.4 Å². The molecular formula is C17H18ClN3. The molecule has 0 saturated carbocycles. The molecule has 0 bridgehead atoms. The molecule has 2 unspecified atom stereocenters. The second-order valence-corrected chi connectivity index (χ2v) is 5.86. The highest BCUT2D eigenvalue weighted by Gasteiger charge is 2.24. The minimum atomic E-state index is 0.0897. The minimum absolute atomic E-state index is 0.0897. The average Bonchev–Trinajstić information content (AvgIpc) is 2.47. The maximum Gasteiger partial charge on any atom is 0.189 e. The van der Waals surface area contributed by atoms with Crippen molar-refractivity contribution in [2.75, 3.05) is 0 Å². The van der Waals surface area contributed by atoms with Crippen LogP contribution in [0, 0.1) is 6.92 Å². The molecule has 0 fully saturated rings. The number of rotatable bonds is 2. The summed E-state index contributed by atoms with van der Waals surface area (Å²) in [6.07, 6.45) is 0.881. The monoisotopic (exact) mass is 299 g/mol. The highest BCUT2D eigenvalue weighted by atomic mass is 35.5. The molecule has 0 radical (unpaired) electrons. The summed E-state index contributed by atoms with van der Waals surface area (Å²) < 4.78 is 0. The van der Waals surface area contributed by atoms with E-state index in [1.54, 1.807) is 0 Å². The van der Waals surface area contributed by atoms with Crippen molar-refractivity contribution in [2.24, 2.45) is 10.7 Å². The van der Waals surface area contributed by atoms with Gasteiger partial charge in [-0.15, -0.1) is 0 Å². The summed E-state index contributed by atoms with van der Waals surface area (Å²) in [4.78, 5) is 4.54. The summed E-state index contributed by atoms with van der Waals surface area (Å²) in [6.45, 7) is 2.09. The first-order chi connectivity index (χ1) is 10.1. The fourth-order valence-electron chi connectivity index (χ4n) is 2.72. The van der Waals surface area contributed by atoms with Crippen LogP contribution in [0.5, 0.6) is 0 Å². The van der Waals surface area contributed by atoms with Crippen molar-refractivity contribution >= 4 is 17.6 Å². The van der Waals surface area contributed by atoms with Gasteiger partial charge in [0.05, 0.1) is 12.1 Å². The number of nitrogens with zero attached hydrogens (tertiary/aromatic N) is 1. The predicted molar refractivity (Wildman–Crippen MR) is 87.5 cm³/mol. The summed E-state index contributed by atoms with van der Waals surface area (Å²) in [5.74, 6) is 0.493. The molecule has 0 aromatic heterocycles. The van der Waals surface area contributed by atoms with Gasteiger partial charge in [0.15, 0.2) is 5.96 Å². The fourth-order valence-corrected chi connectivity index (χ4v) is 2.85. The lowest BCUT2D eigenvalue weighted by Crippen LogP contribution is -2.39. The van der Waals surface area contributed by atoms with Crippen LogP contribution in [0.2, 0.25) is 5.02 Å². The van der Waals surface area contributed by atoms with Gasteiger partial charge in [-0.3, -0.25) is 0 Å². The number of benzene rings is 2. The minimum Gasteiger partial charge on any atom is -0.370 e. The molecule has 2 aromatic rings. The van der Waals surface area contributed by atoms with Crippen molar-refractivity contribution in [1.29, 1.82) is 0 Å². The van der Waals surface area contributed by atoms with Crippen LogP contribution < -0.4 is 11.1 Å². The van der Waals surface area contributed by atoms with E-state index in [1.165, 1.54) is 16.7 Å². The number of aryl methyl sites for hydroxylation is 1. The number of halogens is 1. The number of hydrogen-bond acceptors (Lipinski definition) is 3. The van der Waals surface area contributed by atoms with Gasteiger partial charge in [-0.2, -0.15) is 0 Å². The van der Waals surface area contributed by atoms with E-state index in [1.807, 2.05) is 24.3 Å². The van der Waals surface area contributed by atoms with E-state index in [9.17, 15) is 0 Å². The third-order valence-electron chi connectivity index (χ3n) is 3.78. The van der Waals surface area contributed by atoms with E-state index in [0.717, 1.165) is 11.4 Å². The normalized spacial score (nSPS) is 21.5. The molecule has 3 rings (SSSR count). The standard InChI is InChI=1S/C17H18ClN3/c1-11-3-2-4-13(9-11)16-10-15(20-17(19)21-16)12-5-7-14(18)8-6-12/h2-9,15-16H,10H2,1H3,(H3,19,20,21). The van der Waals surface area contributed by atoms with Crippen LogP contribution in [0.3, 0.4) is 0 Å². The Labute approximate surface area is 129 Å². The molecule has 1 aliphatic heterocycles. The number of nitrogens with one attached hydrogen (secondary N) is 1. The van der Waals surface area contributed by atoms with Crippen molar-refractivity contribution in [3.8, 4) is 0 Å². The van der Waals surface area contributed by atoms with Gasteiger partial charge < -0.3 is 11.1 Å². The lowest BCUT2D eigenvalue weighted by molar-refractivity contribution is 0.487. The van der Waals surface area contributed by atoms with E-state index in [0.29, 0.717) is 5.96 Å². The third-order valence-corrected chi connectivity index (χ3v) is 4.03. The first kappa shape index (κ1) is 14.0. The molecule has 21 heavy (non-hydrogen) atoms. The number of guanidine groups is 1. The summed E-state index contributed by atoms with van der Waals surface area (Å²) in [6, 6.07) is 16.6. The van der Waals surface area contributed by atoms with Crippen LogP contribution in [-0.2, 0) is 0 Å². The largest absolute Gasteiger partial charge is 0.370 e. The highest BCUT2D eigenvalue weighted by Crippen LogP contribution is 2.32. The first-order valence-electron chi connectivity index (χ1n) is 7.03. The number of hydrogen-bond donors (Lipinski definition) is 2. The van der Waals surface area contributed by atoms with Gasteiger partial charge in [-0.05, 0) is 36.6 Å². The van der Waals surface area contributed by atoms with E-state index < -0.39 is 0 Å². The Hall–Kier alpha value is -2.00. The van der Waals surface area contributed by atoms with E-state index in [4.69, 9.17) is 17.3 Å². The molecule has 3 nitrogen and oxygen atoms in total. The van der Waals surface area contributed by atoms with E-state index in [-0.39, 0.29) is 12.1 Å². The molecule has 2 atom stereocenters. The van der Waals surface area contributed by atoms with Gasteiger partial charge in [-0.25, -0.2) is 4.99 Å². The van der Waals surface area contributed by atoms with E-state index >= 15 is 0 Å². The predicted octanol–water partition coefficient (Wildman–Crippen LogP) is 3.74. The summed E-state index contributed by atoms with van der Waals surface area (Å²) in [5, 5.41) is 3.99. The smallest absolute Gasteiger partial charge is 0.189 e. The molecule has 1 heterocycles. The van der Waals surface area contributed by atoms with Gasteiger partial charge in [0, 0.05) is 5.02 Å². The highest BCUT2D eigenvalue weighted by molar-refractivity contribution is 6.30. The average molecular weight is 300 g/mol. The topological polar surface area (TPSA) is 50.4 Å². The zero-order valence-corrected chi connectivity index (χ0v) is 12.6. The van der Waals surface area contributed by atoms with Crippen molar-refractivity contribution in [1.82, 2.24) is 5.32 Å². The molecule has 2 aromatic carbocycles. The summed E-state index contributed by atoms with van der Waals surface area (Å²) >= 11 is 5.95. The molecule has 0 saturated heterocycles. The molecule has 108 valence electrons. The Bertz CT molecular complexity index is 664. The Balaban J connectivity index is 1.87. The van der Waals surface area contributed by atoms with Crippen LogP contribution in [-0.4, -0.2) is 5.96 Å². The summed E-state index contributed by atoms with van der Waals surface area (Å²) in [5.41, 5.74) is 9.59. The van der Waals surface area contributed by atoms with Crippen LogP contribution in [0.4, 0.5) is 0 Å². The molecule has 3 N–H and O–H groups in total. The lowest BCUT2D eigenvalue weighted by Gasteiger charge is -2.29. The van der Waals surface area contributed by atoms with Gasteiger partial charge in [0.25, 0.3) is 0 Å². The first-order valence-corrected chi connectivity index (χ1v) is 7.41. The van der Waals surface area contributed by atoms with Crippen LogP contribution in [0.15, 0.2) is 53.5 Å². The van der Waals surface area contributed by atoms with Crippen LogP contribution >= 0.6 is 11.6 Å². The SMILES string of the molecule is Cc1cccc(C2CC(c3ccc(Cl)cc3)NC(N)=N2)c1. The molecular weight excluding hydrogens is 282 g/mol. The number of nitrogens with two attached hydrogens (primary N) is 1. The van der Waals surface area contributed by atoms with Gasteiger partial charge >= 0.3 is 0 Å². The maximum absolute atomic E-state index is 5.97. The van der Waals surface area contributed by atoms with Crippen LogP contribution in [0.1, 0.15) is 35.2 Å². The molecule has 1 aliphatic rings. The quantitative estimate of drug-likeness (QED) is 0.887. The Morgan fingerprint density at radius 1 is 1.14 bits per heavy atom.